The molecule has 0 saturated carbocycles. The molecule has 2 atom stereocenters. The first-order valence-electron chi connectivity index (χ1n) is 7.73. The van der Waals surface area contributed by atoms with Crippen LogP contribution >= 0.6 is 0 Å². The van der Waals surface area contributed by atoms with Crippen LogP contribution < -0.4 is 15.4 Å². The molecule has 1 aliphatic rings. The molecule has 3 rings (SSSR count). The number of amides is 2. The third-order valence-electron chi connectivity index (χ3n) is 4.06. The van der Waals surface area contributed by atoms with Crippen molar-refractivity contribution < 1.29 is 27.5 Å². The Balaban J connectivity index is 1.71. The average molecular weight is 368 g/mol. The van der Waals surface area contributed by atoms with E-state index in [1.165, 1.54) is 24.3 Å². The lowest BCUT2D eigenvalue weighted by Gasteiger charge is -2.11. The van der Waals surface area contributed by atoms with E-state index in [4.69, 9.17) is 0 Å². The molecule has 0 spiro atoms. The molecule has 1 saturated heterocycles. The van der Waals surface area contributed by atoms with Gasteiger partial charge in [-0.25, -0.2) is 0 Å². The van der Waals surface area contributed by atoms with Gasteiger partial charge in [-0.1, -0.05) is 19.1 Å². The van der Waals surface area contributed by atoms with Crippen molar-refractivity contribution in [1.29, 1.82) is 0 Å². The number of nitrogens with zero attached hydrogens (tertiary/aromatic N) is 1. The number of aromatic nitrogens is 2. The summed E-state index contributed by atoms with van der Waals surface area (Å²) in [4.78, 5) is 23.7. The van der Waals surface area contributed by atoms with Crippen molar-refractivity contribution in [3.63, 3.8) is 0 Å². The number of rotatable bonds is 4. The van der Waals surface area contributed by atoms with E-state index >= 15 is 0 Å². The highest BCUT2D eigenvalue weighted by Gasteiger charge is 2.36. The molecule has 10 heteroatoms. The number of halogens is 3. The quantitative estimate of drug-likeness (QED) is 0.772. The SMILES string of the molecule is C[C@H]1C(=O)NC[C@@H]1C(=O)Nc1cc(-c2cccc(OC(F)(F)F)c2)[nH]n1. The predicted molar refractivity (Wildman–Crippen MR) is 85.0 cm³/mol. The third kappa shape index (κ3) is 3.95. The Hall–Kier alpha value is -3.04. The number of carbonyl (C=O) groups excluding carboxylic acids is 2. The minimum atomic E-state index is -4.78. The highest BCUT2D eigenvalue weighted by molar-refractivity contribution is 5.97. The Labute approximate surface area is 145 Å². The van der Waals surface area contributed by atoms with Crippen LogP contribution in [0.1, 0.15) is 6.92 Å². The van der Waals surface area contributed by atoms with Gasteiger partial charge >= 0.3 is 6.36 Å². The topological polar surface area (TPSA) is 96.1 Å². The van der Waals surface area contributed by atoms with E-state index in [0.29, 0.717) is 11.3 Å². The van der Waals surface area contributed by atoms with Crippen molar-refractivity contribution in [1.82, 2.24) is 15.5 Å². The molecule has 0 radical (unpaired) electrons. The fraction of sp³-hybridized carbons (Fsp3) is 0.312. The summed E-state index contributed by atoms with van der Waals surface area (Å²) in [5, 5.41) is 11.8. The largest absolute Gasteiger partial charge is 0.573 e. The first-order chi connectivity index (χ1) is 12.2. The Bertz CT molecular complexity index is 834. The molecule has 2 amide bonds. The van der Waals surface area contributed by atoms with Crippen LogP contribution in [0.3, 0.4) is 0 Å². The number of alkyl halides is 3. The summed E-state index contributed by atoms with van der Waals surface area (Å²) in [6.45, 7) is 1.91. The molecule has 2 aromatic rings. The number of hydrogen-bond acceptors (Lipinski definition) is 4. The summed E-state index contributed by atoms with van der Waals surface area (Å²) in [5.41, 5.74) is 0.812. The van der Waals surface area contributed by atoms with Crippen LogP contribution in [0.25, 0.3) is 11.3 Å². The molecule has 1 fully saturated rings. The van der Waals surface area contributed by atoms with Gasteiger partial charge in [-0.3, -0.25) is 14.7 Å². The van der Waals surface area contributed by atoms with E-state index in [1.54, 1.807) is 13.0 Å². The average Bonchev–Trinajstić information content (AvgIpc) is 3.14. The van der Waals surface area contributed by atoms with Crippen LogP contribution in [0.2, 0.25) is 0 Å². The molecule has 1 aromatic heterocycles. The summed E-state index contributed by atoms with van der Waals surface area (Å²) in [6.07, 6.45) is -4.78. The maximum atomic E-state index is 12.3. The summed E-state index contributed by atoms with van der Waals surface area (Å²) in [6, 6.07) is 6.85. The minimum Gasteiger partial charge on any atom is -0.406 e. The van der Waals surface area contributed by atoms with Gasteiger partial charge < -0.3 is 15.4 Å². The Morgan fingerprint density at radius 2 is 2.12 bits per heavy atom. The van der Waals surface area contributed by atoms with Crippen molar-refractivity contribution in [3.8, 4) is 17.0 Å². The second kappa shape index (κ2) is 6.70. The Kier molecular flexibility index (Phi) is 4.58. The molecule has 1 aromatic carbocycles. The second-order valence-corrected chi connectivity index (χ2v) is 5.87. The summed E-state index contributed by atoms with van der Waals surface area (Å²) in [5.74, 6) is -1.65. The molecule has 2 heterocycles. The zero-order valence-corrected chi connectivity index (χ0v) is 13.6. The van der Waals surface area contributed by atoms with Gasteiger partial charge in [0.05, 0.1) is 11.6 Å². The summed E-state index contributed by atoms with van der Waals surface area (Å²) in [7, 11) is 0. The molecular weight excluding hydrogens is 353 g/mol. The molecule has 0 unspecified atom stereocenters. The monoisotopic (exact) mass is 368 g/mol. The van der Waals surface area contributed by atoms with Crippen LogP contribution in [-0.2, 0) is 9.59 Å². The van der Waals surface area contributed by atoms with Gasteiger partial charge in [0.15, 0.2) is 5.82 Å². The van der Waals surface area contributed by atoms with Gasteiger partial charge in [0.1, 0.15) is 5.75 Å². The second-order valence-electron chi connectivity index (χ2n) is 5.87. The highest BCUT2D eigenvalue weighted by Crippen LogP contribution is 2.28. The lowest BCUT2D eigenvalue weighted by atomic mass is 9.97. The highest BCUT2D eigenvalue weighted by atomic mass is 19.4. The van der Waals surface area contributed by atoms with E-state index in [1.807, 2.05) is 0 Å². The molecule has 3 N–H and O–H groups in total. The first-order valence-corrected chi connectivity index (χ1v) is 7.73. The number of hydrogen-bond donors (Lipinski definition) is 3. The fourth-order valence-corrected chi connectivity index (χ4v) is 2.66. The zero-order chi connectivity index (χ0) is 18.9. The first kappa shape index (κ1) is 17.8. The van der Waals surface area contributed by atoms with Crippen molar-refractivity contribution in [2.75, 3.05) is 11.9 Å². The third-order valence-corrected chi connectivity index (χ3v) is 4.06. The molecule has 1 aliphatic heterocycles. The van der Waals surface area contributed by atoms with Crippen molar-refractivity contribution >= 4 is 17.6 Å². The van der Waals surface area contributed by atoms with Crippen molar-refractivity contribution in [2.45, 2.75) is 13.3 Å². The van der Waals surface area contributed by atoms with E-state index in [2.05, 4.69) is 25.6 Å². The molecule has 7 nitrogen and oxygen atoms in total. The van der Waals surface area contributed by atoms with Gasteiger partial charge in [-0.15, -0.1) is 13.2 Å². The van der Waals surface area contributed by atoms with E-state index in [0.717, 1.165) is 0 Å². The van der Waals surface area contributed by atoms with Crippen LogP contribution in [0.4, 0.5) is 19.0 Å². The standard InChI is InChI=1S/C16H15F3N4O3/c1-8-11(7-20-14(8)24)15(25)21-13-6-12(22-23-13)9-3-2-4-10(5-9)26-16(17,18)19/h2-6,8,11H,7H2,1H3,(H,20,24)(H2,21,22,23,25)/t8-,11+/m1/s1. The van der Waals surface area contributed by atoms with Gasteiger partial charge in [-0.05, 0) is 12.1 Å². The van der Waals surface area contributed by atoms with Crippen LogP contribution in [0.15, 0.2) is 30.3 Å². The maximum absolute atomic E-state index is 12.3. The fourth-order valence-electron chi connectivity index (χ4n) is 2.66. The molecule has 138 valence electrons. The number of carbonyl (C=O) groups is 2. The molecule has 0 bridgehead atoms. The van der Waals surface area contributed by atoms with E-state index < -0.39 is 18.2 Å². The number of anilines is 1. The van der Waals surface area contributed by atoms with Crippen molar-refractivity contribution in [2.24, 2.45) is 11.8 Å². The van der Waals surface area contributed by atoms with Gasteiger partial charge in [0.25, 0.3) is 0 Å². The van der Waals surface area contributed by atoms with Crippen LogP contribution in [0, 0.1) is 11.8 Å². The number of ether oxygens (including phenoxy) is 1. The smallest absolute Gasteiger partial charge is 0.406 e. The number of aromatic amines is 1. The van der Waals surface area contributed by atoms with Crippen LogP contribution in [-0.4, -0.2) is 34.9 Å². The van der Waals surface area contributed by atoms with E-state index in [-0.39, 0.29) is 29.9 Å². The minimum absolute atomic E-state index is 0.186. The lowest BCUT2D eigenvalue weighted by Crippen LogP contribution is -2.28. The summed E-state index contributed by atoms with van der Waals surface area (Å²) >= 11 is 0. The normalized spacial score (nSPS) is 19.9. The zero-order valence-electron chi connectivity index (χ0n) is 13.6. The van der Waals surface area contributed by atoms with Crippen LogP contribution in [0.5, 0.6) is 5.75 Å². The van der Waals surface area contributed by atoms with Crippen molar-refractivity contribution in [3.05, 3.63) is 30.3 Å². The lowest BCUT2D eigenvalue weighted by molar-refractivity contribution is -0.274. The molecule has 26 heavy (non-hydrogen) atoms. The number of benzene rings is 1. The van der Waals surface area contributed by atoms with E-state index in [9.17, 15) is 22.8 Å². The van der Waals surface area contributed by atoms with Gasteiger partial charge in [0, 0.05) is 24.1 Å². The maximum Gasteiger partial charge on any atom is 0.573 e. The Morgan fingerprint density at radius 1 is 1.35 bits per heavy atom. The van der Waals surface area contributed by atoms with Gasteiger partial charge in [0.2, 0.25) is 11.8 Å². The molecule has 0 aliphatic carbocycles. The van der Waals surface area contributed by atoms with Gasteiger partial charge in [-0.2, -0.15) is 5.10 Å². The number of nitrogens with one attached hydrogen (secondary N) is 3. The molecular formula is C16H15F3N4O3. The predicted octanol–water partition coefficient (Wildman–Crippen LogP) is 2.30. The summed E-state index contributed by atoms with van der Waals surface area (Å²) < 4.78 is 40.8. The Morgan fingerprint density at radius 3 is 2.77 bits per heavy atom. The number of H-pyrrole nitrogens is 1.